The van der Waals surface area contributed by atoms with Crippen molar-refractivity contribution in [2.75, 3.05) is 6.61 Å². The molecule has 1 heterocycles. The van der Waals surface area contributed by atoms with Gasteiger partial charge in [0.2, 0.25) is 0 Å². The maximum absolute atomic E-state index is 6.48. The molecule has 2 aliphatic carbocycles. The van der Waals surface area contributed by atoms with Crippen molar-refractivity contribution in [1.29, 1.82) is 0 Å². The number of ether oxygens (including phenoxy) is 1. The van der Waals surface area contributed by atoms with Crippen molar-refractivity contribution in [3.63, 3.8) is 0 Å². The molecule has 3 rings (SSSR count). The maximum atomic E-state index is 6.48. The monoisotopic (exact) mass is 284 g/mol. The lowest BCUT2D eigenvalue weighted by atomic mass is 9.71. The number of rotatable bonds is 1. The summed E-state index contributed by atoms with van der Waals surface area (Å²) in [5.41, 5.74) is 0.273. The Hall–Kier alpha value is 0.250. The van der Waals surface area contributed by atoms with E-state index in [-0.39, 0.29) is 5.60 Å². The molecule has 1 spiro atoms. The first kappa shape index (κ1) is 14.2. The SMILES string of the molecule is ClC1CCCCC(C2CCOC3(CCCCC3)C2)C1. The lowest BCUT2D eigenvalue weighted by molar-refractivity contribution is -0.125. The molecule has 0 aromatic rings. The van der Waals surface area contributed by atoms with Gasteiger partial charge in [-0.05, 0) is 50.4 Å². The van der Waals surface area contributed by atoms with Crippen molar-refractivity contribution in [3.05, 3.63) is 0 Å². The fourth-order valence-corrected chi connectivity index (χ4v) is 5.16. The fourth-order valence-electron chi connectivity index (χ4n) is 4.78. The van der Waals surface area contributed by atoms with Gasteiger partial charge in [0.15, 0.2) is 0 Å². The molecule has 0 radical (unpaired) electrons. The number of hydrogen-bond acceptors (Lipinski definition) is 1. The number of alkyl halides is 1. The zero-order valence-corrected chi connectivity index (χ0v) is 13.0. The molecular formula is C17H29ClO. The molecule has 3 unspecified atom stereocenters. The normalized spacial score (nSPS) is 39.9. The third-order valence-corrected chi connectivity index (χ3v) is 6.26. The van der Waals surface area contributed by atoms with Crippen LogP contribution in [0.4, 0.5) is 0 Å². The Morgan fingerprint density at radius 3 is 2.47 bits per heavy atom. The summed E-state index contributed by atoms with van der Waals surface area (Å²) in [6, 6.07) is 0. The molecule has 0 N–H and O–H groups in total. The summed E-state index contributed by atoms with van der Waals surface area (Å²) in [6.07, 6.45) is 16.1. The second-order valence-corrected chi connectivity index (χ2v) is 7.84. The summed E-state index contributed by atoms with van der Waals surface area (Å²) in [7, 11) is 0. The Labute approximate surface area is 123 Å². The molecule has 0 aromatic heterocycles. The zero-order chi connectivity index (χ0) is 13.1. The van der Waals surface area contributed by atoms with Crippen LogP contribution in [-0.2, 0) is 4.74 Å². The predicted octanol–water partition coefficient (Wildman–Crippen LogP) is 5.30. The first-order valence-corrected chi connectivity index (χ1v) is 8.99. The lowest BCUT2D eigenvalue weighted by Gasteiger charge is -2.45. The van der Waals surface area contributed by atoms with Gasteiger partial charge in [0.05, 0.1) is 5.60 Å². The first-order valence-electron chi connectivity index (χ1n) is 8.55. The van der Waals surface area contributed by atoms with Gasteiger partial charge in [0.25, 0.3) is 0 Å². The molecule has 3 aliphatic rings. The van der Waals surface area contributed by atoms with Gasteiger partial charge in [-0.1, -0.05) is 38.5 Å². The molecule has 2 saturated carbocycles. The van der Waals surface area contributed by atoms with Crippen LogP contribution in [0.3, 0.4) is 0 Å². The van der Waals surface area contributed by atoms with E-state index in [9.17, 15) is 0 Å². The highest BCUT2D eigenvalue weighted by Gasteiger charge is 2.41. The minimum Gasteiger partial charge on any atom is -0.375 e. The van der Waals surface area contributed by atoms with Crippen LogP contribution in [0, 0.1) is 11.8 Å². The molecule has 3 fully saturated rings. The van der Waals surface area contributed by atoms with Gasteiger partial charge in [0.1, 0.15) is 0 Å². The minimum absolute atomic E-state index is 0.273. The van der Waals surface area contributed by atoms with Crippen LogP contribution >= 0.6 is 11.6 Å². The lowest BCUT2D eigenvalue weighted by Crippen LogP contribution is -2.43. The summed E-state index contributed by atoms with van der Waals surface area (Å²) in [4.78, 5) is 0. The number of hydrogen-bond donors (Lipinski definition) is 0. The van der Waals surface area contributed by atoms with Crippen LogP contribution in [0.15, 0.2) is 0 Å². The smallest absolute Gasteiger partial charge is 0.0685 e. The van der Waals surface area contributed by atoms with Crippen LogP contribution in [0.2, 0.25) is 0 Å². The van der Waals surface area contributed by atoms with E-state index in [4.69, 9.17) is 16.3 Å². The highest BCUT2D eigenvalue weighted by Crippen LogP contribution is 2.45. The zero-order valence-electron chi connectivity index (χ0n) is 12.2. The van der Waals surface area contributed by atoms with Gasteiger partial charge in [0, 0.05) is 12.0 Å². The van der Waals surface area contributed by atoms with Crippen LogP contribution in [0.25, 0.3) is 0 Å². The van der Waals surface area contributed by atoms with Crippen LogP contribution < -0.4 is 0 Å². The van der Waals surface area contributed by atoms with Crippen molar-refractivity contribution < 1.29 is 4.74 Å². The molecule has 0 bridgehead atoms. The van der Waals surface area contributed by atoms with Gasteiger partial charge in [-0.2, -0.15) is 0 Å². The predicted molar refractivity (Wildman–Crippen MR) is 80.7 cm³/mol. The number of halogens is 1. The Morgan fingerprint density at radius 2 is 1.63 bits per heavy atom. The van der Waals surface area contributed by atoms with Crippen molar-refractivity contribution in [2.24, 2.45) is 11.8 Å². The van der Waals surface area contributed by atoms with Gasteiger partial charge < -0.3 is 4.74 Å². The quantitative estimate of drug-likeness (QED) is 0.469. The second kappa shape index (κ2) is 6.35. The van der Waals surface area contributed by atoms with E-state index in [2.05, 4.69) is 0 Å². The fraction of sp³-hybridized carbons (Fsp3) is 1.00. The molecule has 1 nitrogen and oxygen atoms in total. The third-order valence-electron chi connectivity index (χ3n) is 5.86. The highest BCUT2D eigenvalue weighted by atomic mass is 35.5. The average molecular weight is 285 g/mol. The summed E-state index contributed by atoms with van der Waals surface area (Å²) < 4.78 is 6.25. The van der Waals surface area contributed by atoms with Crippen LogP contribution in [0.1, 0.15) is 77.0 Å². The average Bonchev–Trinajstić information content (AvgIpc) is 2.64. The van der Waals surface area contributed by atoms with E-state index >= 15 is 0 Å². The molecule has 0 aromatic carbocycles. The van der Waals surface area contributed by atoms with E-state index in [0.29, 0.717) is 5.38 Å². The van der Waals surface area contributed by atoms with Gasteiger partial charge in [-0.3, -0.25) is 0 Å². The Bertz CT molecular complexity index is 279. The first-order chi connectivity index (χ1) is 9.27. The summed E-state index contributed by atoms with van der Waals surface area (Å²) in [6.45, 7) is 1.01. The van der Waals surface area contributed by atoms with E-state index in [0.717, 1.165) is 18.4 Å². The molecule has 1 saturated heterocycles. The van der Waals surface area contributed by atoms with Crippen molar-refractivity contribution in [3.8, 4) is 0 Å². The third kappa shape index (κ3) is 3.47. The molecule has 1 aliphatic heterocycles. The van der Waals surface area contributed by atoms with E-state index in [1.54, 1.807) is 0 Å². The Balaban J connectivity index is 1.63. The molecule has 19 heavy (non-hydrogen) atoms. The molecular weight excluding hydrogens is 256 g/mol. The summed E-state index contributed by atoms with van der Waals surface area (Å²) in [5.74, 6) is 1.78. The molecule has 110 valence electrons. The highest BCUT2D eigenvalue weighted by molar-refractivity contribution is 6.20. The van der Waals surface area contributed by atoms with Crippen molar-refractivity contribution in [2.45, 2.75) is 88.0 Å². The minimum atomic E-state index is 0.273. The summed E-state index contributed by atoms with van der Waals surface area (Å²) in [5, 5.41) is 0.442. The topological polar surface area (TPSA) is 9.23 Å². The molecule has 2 heteroatoms. The van der Waals surface area contributed by atoms with E-state index in [1.807, 2.05) is 0 Å². The Kier molecular flexibility index (Phi) is 4.74. The van der Waals surface area contributed by atoms with Gasteiger partial charge in [-0.25, -0.2) is 0 Å². The van der Waals surface area contributed by atoms with Crippen LogP contribution in [-0.4, -0.2) is 17.6 Å². The van der Waals surface area contributed by atoms with E-state index < -0.39 is 0 Å². The van der Waals surface area contributed by atoms with Crippen molar-refractivity contribution >= 4 is 11.6 Å². The van der Waals surface area contributed by atoms with Crippen LogP contribution in [0.5, 0.6) is 0 Å². The van der Waals surface area contributed by atoms with E-state index in [1.165, 1.54) is 77.0 Å². The van der Waals surface area contributed by atoms with Crippen molar-refractivity contribution in [1.82, 2.24) is 0 Å². The van der Waals surface area contributed by atoms with Gasteiger partial charge in [-0.15, -0.1) is 11.6 Å². The molecule has 3 atom stereocenters. The standard InChI is InChI=1S/C17H29ClO/c18-16-7-3-2-6-14(12-16)15-8-11-19-17(13-15)9-4-1-5-10-17/h14-16H,1-13H2. The Morgan fingerprint density at radius 1 is 0.842 bits per heavy atom. The molecule has 0 amide bonds. The maximum Gasteiger partial charge on any atom is 0.0685 e. The largest absolute Gasteiger partial charge is 0.375 e. The summed E-state index contributed by atoms with van der Waals surface area (Å²) >= 11 is 6.48. The van der Waals surface area contributed by atoms with Gasteiger partial charge >= 0.3 is 0 Å². The second-order valence-electron chi connectivity index (χ2n) is 7.22.